The van der Waals surface area contributed by atoms with Crippen LogP contribution in [0.15, 0.2) is 24.3 Å². The Bertz CT molecular complexity index is 430. The normalized spacial score (nSPS) is 15.3. The maximum absolute atomic E-state index is 11.8. The van der Waals surface area contributed by atoms with Crippen LogP contribution >= 0.6 is 0 Å². The molecule has 1 aliphatic heterocycles. The van der Waals surface area contributed by atoms with Crippen molar-refractivity contribution in [2.75, 3.05) is 25.0 Å². The summed E-state index contributed by atoms with van der Waals surface area (Å²) in [6.45, 7) is 1.04. The standard InChI is InChI=1S/C11H13N3O3/c15-9-3-1-8(2-4-9)13-11(17)14-6-5-12-10(16)7-14/h1-4,15H,5-7H2,(H,12,16)(H,13,17). The summed E-state index contributed by atoms with van der Waals surface area (Å²) in [4.78, 5) is 24.3. The van der Waals surface area contributed by atoms with Gasteiger partial charge in [0, 0.05) is 18.8 Å². The average Bonchev–Trinajstić information content (AvgIpc) is 2.32. The molecule has 0 saturated carbocycles. The van der Waals surface area contributed by atoms with Gasteiger partial charge in [-0.15, -0.1) is 0 Å². The van der Waals surface area contributed by atoms with E-state index in [4.69, 9.17) is 5.11 Å². The zero-order valence-corrected chi connectivity index (χ0v) is 9.14. The fourth-order valence-electron chi connectivity index (χ4n) is 1.56. The van der Waals surface area contributed by atoms with Gasteiger partial charge < -0.3 is 20.6 Å². The smallest absolute Gasteiger partial charge is 0.322 e. The van der Waals surface area contributed by atoms with E-state index in [2.05, 4.69) is 10.6 Å². The number of carbonyl (C=O) groups excluding carboxylic acids is 2. The molecule has 0 bridgehead atoms. The zero-order chi connectivity index (χ0) is 12.3. The van der Waals surface area contributed by atoms with Crippen LogP contribution in [0.25, 0.3) is 0 Å². The quantitative estimate of drug-likeness (QED) is 0.614. The molecule has 1 aromatic carbocycles. The van der Waals surface area contributed by atoms with Crippen molar-refractivity contribution in [3.63, 3.8) is 0 Å². The lowest BCUT2D eigenvalue weighted by Gasteiger charge is -2.26. The number of hydrogen-bond acceptors (Lipinski definition) is 3. The van der Waals surface area contributed by atoms with Crippen molar-refractivity contribution in [1.82, 2.24) is 10.2 Å². The van der Waals surface area contributed by atoms with Crippen LogP contribution in [0.2, 0.25) is 0 Å². The first-order valence-electron chi connectivity index (χ1n) is 5.27. The lowest BCUT2D eigenvalue weighted by molar-refractivity contribution is -0.123. The predicted octanol–water partition coefficient (Wildman–Crippen LogP) is 0.356. The number of carbonyl (C=O) groups is 2. The molecule has 2 rings (SSSR count). The van der Waals surface area contributed by atoms with Crippen molar-refractivity contribution >= 4 is 17.6 Å². The van der Waals surface area contributed by atoms with E-state index < -0.39 is 0 Å². The molecule has 1 heterocycles. The molecular weight excluding hydrogens is 222 g/mol. The second-order valence-corrected chi connectivity index (χ2v) is 3.75. The second kappa shape index (κ2) is 4.73. The van der Waals surface area contributed by atoms with Crippen molar-refractivity contribution in [1.29, 1.82) is 0 Å². The van der Waals surface area contributed by atoms with Crippen LogP contribution in [0.5, 0.6) is 5.75 Å². The predicted molar refractivity (Wildman–Crippen MR) is 61.7 cm³/mol. The summed E-state index contributed by atoms with van der Waals surface area (Å²) in [5.41, 5.74) is 0.582. The lowest BCUT2D eigenvalue weighted by atomic mass is 10.3. The van der Waals surface area contributed by atoms with Gasteiger partial charge >= 0.3 is 6.03 Å². The molecule has 0 atom stereocenters. The van der Waals surface area contributed by atoms with Crippen LogP contribution in [0, 0.1) is 0 Å². The highest BCUT2D eigenvalue weighted by Crippen LogP contribution is 2.14. The Kier molecular flexibility index (Phi) is 3.13. The number of phenolic OH excluding ortho intramolecular Hbond substituents is 1. The van der Waals surface area contributed by atoms with Crippen LogP contribution < -0.4 is 10.6 Å². The van der Waals surface area contributed by atoms with E-state index in [0.717, 1.165) is 0 Å². The Morgan fingerprint density at radius 1 is 1.35 bits per heavy atom. The Hall–Kier alpha value is -2.24. The summed E-state index contributed by atoms with van der Waals surface area (Å²) in [5, 5.41) is 14.4. The molecule has 90 valence electrons. The first kappa shape index (κ1) is 11.3. The summed E-state index contributed by atoms with van der Waals surface area (Å²) in [7, 11) is 0. The van der Waals surface area contributed by atoms with Crippen molar-refractivity contribution in [2.24, 2.45) is 0 Å². The third-order valence-corrected chi connectivity index (χ3v) is 2.44. The highest BCUT2D eigenvalue weighted by atomic mass is 16.3. The molecule has 1 fully saturated rings. The van der Waals surface area contributed by atoms with E-state index >= 15 is 0 Å². The third-order valence-electron chi connectivity index (χ3n) is 2.44. The number of anilines is 1. The van der Waals surface area contributed by atoms with Gasteiger partial charge in [-0.25, -0.2) is 4.79 Å². The number of piperazine rings is 1. The molecule has 3 N–H and O–H groups in total. The summed E-state index contributed by atoms with van der Waals surface area (Å²) >= 11 is 0. The summed E-state index contributed by atoms with van der Waals surface area (Å²) in [5.74, 6) is -0.0162. The van der Waals surface area contributed by atoms with Crippen LogP contribution in [-0.4, -0.2) is 41.6 Å². The molecule has 0 spiro atoms. The minimum Gasteiger partial charge on any atom is -0.508 e. The number of benzene rings is 1. The molecule has 0 radical (unpaired) electrons. The van der Waals surface area contributed by atoms with Crippen LogP contribution in [0.3, 0.4) is 0 Å². The number of rotatable bonds is 1. The molecule has 1 saturated heterocycles. The van der Waals surface area contributed by atoms with E-state index in [9.17, 15) is 9.59 Å². The second-order valence-electron chi connectivity index (χ2n) is 3.75. The summed E-state index contributed by atoms with van der Waals surface area (Å²) in [6, 6.07) is 5.84. The van der Waals surface area contributed by atoms with Gasteiger partial charge in [-0.3, -0.25) is 4.79 Å². The Balaban J connectivity index is 1.96. The Morgan fingerprint density at radius 2 is 2.06 bits per heavy atom. The van der Waals surface area contributed by atoms with Crippen LogP contribution in [0.1, 0.15) is 0 Å². The van der Waals surface area contributed by atoms with E-state index in [1.54, 1.807) is 12.1 Å². The average molecular weight is 235 g/mol. The third kappa shape index (κ3) is 2.87. The molecule has 6 nitrogen and oxygen atoms in total. The molecular formula is C11H13N3O3. The van der Waals surface area contributed by atoms with Crippen molar-refractivity contribution in [2.45, 2.75) is 0 Å². The molecule has 1 aromatic rings. The van der Waals surface area contributed by atoms with Gasteiger partial charge in [0.05, 0.1) is 0 Å². The zero-order valence-electron chi connectivity index (χ0n) is 9.14. The number of aromatic hydroxyl groups is 1. The first-order valence-corrected chi connectivity index (χ1v) is 5.27. The maximum atomic E-state index is 11.8. The fraction of sp³-hybridized carbons (Fsp3) is 0.273. The maximum Gasteiger partial charge on any atom is 0.322 e. The summed E-state index contributed by atoms with van der Waals surface area (Å²) in [6.07, 6.45) is 0. The highest BCUT2D eigenvalue weighted by molar-refractivity contribution is 5.93. The molecule has 0 aliphatic carbocycles. The minimum absolute atomic E-state index is 0.0733. The Morgan fingerprint density at radius 3 is 2.71 bits per heavy atom. The molecule has 0 aromatic heterocycles. The number of urea groups is 1. The van der Waals surface area contributed by atoms with Gasteiger partial charge in [0.25, 0.3) is 0 Å². The molecule has 3 amide bonds. The number of hydrogen-bond donors (Lipinski definition) is 3. The van der Waals surface area contributed by atoms with Gasteiger partial charge in [-0.1, -0.05) is 0 Å². The van der Waals surface area contributed by atoms with E-state index in [1.165, 1.54) is 17.0 Å². The fourth-order valence-corrected chi connectivity index (χ4v) is 1.56. The topological polar surface area (TPSA) is 81.7 Å². The molecule has 17 heavy (non-hydrogen) atoms. The lowest BCUT2D eigenvalue weighted by Crippen LogP contribution is -2.51. The summed E-state index contributed by atoms with van der Waals surface area (Å²) < 4.78 is 0. The number of phenols is 1. The van der Waals surface area contributed by atoms with E-state index in [1.807, 2.05) is 0 Å². The van der Waals surface area contributed by atoms with Crippen molar-refractivity contribution < 1.29 is 14.7 Å². The van der Waals surface area contributed by atoms with Gasteiger partial charge in [0.1, 0.15) is 12.3 Å². The molecule has 0 unspecified atom stereocenters. The van der Waals surface area contributed by atoms with Crippen LogP contribution in [-0.2, 0) is 4.79 Å². The number of nitrogens with zero attached hydrogens (tertiary/aromatic N) is 1. The van der Waals surface area contributed by atoms with Gasteiger partial charge in [-0.05, 0) is 24.3 Å². The number of amides is 3. The van der Waals surface area contributed by atoms with E-state index in [0.29, 0.717) is 18.8 Å². The van der Waals surface area contributed by atoms with Crippen molar-refractivity contribution in [3.05, 3.63) is 24.3 Å². The first-order chi connectivity index (χ1) is 8.15. The highest BCUT2D eigenvalue weighted by Gasteiger charge is 2.20. The largest absolute Gasteiger partial charge is 0.508 e. The van der Waals surface area contributed by atoms with E-state index in [-0.39, 0.29) is 24.2 Å². The monoisotopic (exact) mass is 235 g/mol. The molecule has 6 heteroatoms. The Labute approximate surface area is 98.2 Å². The number of nitrogens with one attached hydrogen (secondary N) is 2. The van der Waals surface area contributed by atoms with Gasteiger partial charge in [0.15, 0.2) is 0 Å². The van der Waals surface area contributed by atoms with Crippen molar-refractivity contribution in [3.8, 4) is 5.75 Å². The van der Waals surface area contributed by atoms with Gasteiger partial charge in [0.2, 0.25) is 5.91 Å². The van der Waals surface area contributed by atoms with Gasteiger partial charge in [-0.2, -0.15) is 0 Å². The molecule has 1 aliphatic rings. The SMILES string of the molecule is O=C1CN(C(=O)Nc2ccc(O)cc2)CCN1. The van der Waals surface area contributed by atoms with Crippen LogP contribution in [0.4, 0.5) is 10.5 Å². The minimum atomic E-state index is -0.314.